The molecular weight excluding hydrogens is 254 g/mol. The number of fused-ring (bicyclic) bond motifs is 1. The largest absolute Gasteiger partial charge is 0.384 e. The van der Waals surface area contributed by atoms with E-state index in [1.165, 1.54) is 0 Å². The van der Waals surface area contributed by atoms with Crippen molar-refractivity contribution in [1.29, 1.82) is 5.41 Å². The number of aromatic nitrogens is 4. The van der Waals surface area contributed by atoms with Crippen LogP contribution >= 0.6 is 0 Å². The van der Waals surface area contributed by atoms with Crippen molar-refractivity contribution in [2.45, 2.75) is 26.9 Å². The van der Waals surface area contributed by atoms with Crippen molar-refractivity contribution in [3.05, 3.63) is 35.0 Å². The number of anilines is 1. The van der Waals surface area contributed by atoms with Gasteiger partial charge in [0.2, 0.25) is 0 Å². The first-order valence-corrected chi connectivity index (χ1v) is 6.50. The number of nitrogens with one attached hydrogen (secondary N) is 1. The van der Waals surface area contributed by atoms with Crippen molar-refractivity contribution in [1.82, 2.24) is 19.7 Å². The summed E-state index contributed by atoms with van der Waals surface area (Å²) in [7, 11) is 0. The number of aryl methyl sites for hydroxylation is 2. The molecule has 1 aliphatic rings. The molecule has 7 heteroatoms. The summed E-state index contributed by atoms with van der Waals surface area (Å²) < 4.78 is 2.03. The minimum absolute atomic E-state index is 0.0528. The molecule has 2 aromatic rings. The van der Waals surface area contributed by atoms with E-state index in [2.05, 4.69) is 20.1 Å². The number of amidine groups is 1. The van der Waals surface area contributed by atoms with Gasteiger partial charge in [0.25, 0.3) is 0 Å². The average Bonchev–Trinajstić information content (AvgIpc) is 2.84. The number of nitrogens with zero attached hydrogens (tertiary/aromatic N) is 5. The lowest BCUT2D eigenvalue weighted by atomic mass is 10.1. The van der Waals surface area contributed by atoms with Crippen molar-refractivity contribution in [3.8, 4) is 0 Å². The molecule has 0 saturated carbocycles. The van der Waals surface area contributed by atoms with Gasteiger partial charge in [-0.05, 0) is 25.5 Å². The van der Waals surface area contributed by atoms with Gasteiger partial charge in [-0.2, -0.15) is 0 Å². The van der Waals surface area contributed by atoms with E-state index >= 15 is 0 Å². The predicted molar refractivity (Wildman–Crippen MR) is 75.8 cm³/mol. The number of nitrogens with two attached hydrogens (primary N) is 1. The Hall–Kier alpha value is -2.44. The lowest BCUT2D eigenvalue weighted by Crippen LogP contribution is -2.36. The maximum atomic E-state index is 7.80. The van der Waals surface area contributed by atoms with E-state index in [1.807, 2.05) is 24.5 Å². The van der Waals surface area contributed by atoms with Gasteiger partial charge in [-0.3, -0.25) is 5.41 Å². The van der Waals surface area contributed by atoms with E-state index in [-0.39, 0.29) is 5.84 Å². The molecule has 104 valence electrons. The van der Waals surface area contributed by atoms with E-state index in [1.54, 1.807) is 6.33 Å². The molecule has 0 aromatic carbocycles. The molecule has 0 atom stereocenters. The van der Waals surface area contributed by atoms with Gasteiger partial charge >= 0.3 is 0 Å². The Morgan fingerprint density at radius 1 is 1.35 bits per heavy atom. The third-order valence-electron chi connectivity index (χ3n) is 3.53. The Morgan fingerprint density at radius 3 is 2.90 bits per heavy atom. The number of nitrogen functional groups attached to an aromatic ring is 1. The molecular formula is C13H17N7. The molecule has 0 fully saturated rings. The summed E-state index contributed by atoms with van der Waals surface area (Å²) in [6.45, 7) is 6.17. The highest BCUT2D eigenvalue weighted by molar-refractivity contribution is 6.01. The van der Waals surface area contributed by atoms with Crippen LogP contribution < -0.4 is 10.6 Å². The highest BCUT2D eigenvalue weighted by Crippen LogP contribution is 2.25. The Morgan fingerprint density at radius 2 is 2.15 bits per heavy atom. The van der Waals surface area contributed by atoms with Gasteiger partial charge in [-0.25, -0.2) is 4.98 Å². The van der Waals surface area contributed by atoms with Crippen LogP contribution in [0.25, 0.3) is 0 Å². The van der Waals surface area contributed by atoms with E-state index in [4.69, 9.17) is 11.1 Å². The van der Waals surface area contributed by atoms with E-state index < -0.39 is 0 Å². The minimum Gasteiger partial charge on any atom is -0.384 e. The van der Waals surface area contributed by atoms with Crippen molar-refractivity contribution in [2.75, 3.05) is 11.4 Å². The van der Waals surface area contributed by atoms with Crippen molar-refractivity contribution in [2.24, 2.45) is 5.73 Å². The maximum absolute atomic E-state index is 7.80. The third-order valence-corrected chi connectivity index (χ3v) is 3.53. The smallest absolute Gasteiger partial charge is 0.152 e. The van der Waals surface area contributed by atoms with Crippen LogP contribution in [-0.2, 0) is 13.1 Å². The molecule has 0 bridgehead atoms. The molecule has 0 aliphatic carbocycles. The Kier molecular flexibility index (Phi) is 2.89. The lowest BCUT2D eigenvalue weighted by Gasteiger charge is -2.30. The van der Waals surface area contributed by atoms with Crippen LogP contribution in [0, 0.1) is 19.3 Å². The monoisotopic (exact) mass is 271 g/mol. The molecule has 0 radical (unpaired) electrons. The summed E-state index contributed by atoms with van der Waals surface area (Å²) >= 11 is 0. The number of hydrogen-bond acceptors (Lipinski definition) is 5. The number of hydrogen-bond donors (Lipinski definition) is 2. The molecule has 0 spiro atoms. The zero-order chi connectivity index (χ0) is 14.3. The van der Waals surface area contributed by atoms with Gasteiger partial charge in [0.05, 0.1) is 12.1 Å². The highest BCUT2D eigenvalue weighted by atomic mass is 15.3. The first-order valence-electron chi connectivity index (χ1n) is 6.50. The zero-order valence-electron chi connectivity index (χ0n) is 11.6. The molecule has 3 N–H and O–H groups in total. The Bertz CT molecular complexity index is 673. The van der Waals surface area contributed by atoms with Gasteiger partial charge in [0.15, 0.2) is 5.82 Å². The first kappa shape index (κ1) is 12.6. The van der Waals surface area contributed by atoms with E-state index in [9.17, 15) is 0 Å². The van der Waals surface area contributed by atoms with Crippen molar-refractivity contribution >= 4 is 11.7 Å². The maximum Gasteiger partial charge on any atom is 0.152 e. The normalized spacial score (nSPS) is 14.2. The highest BCUT2D eigenvalue weighted by Gasteiger charge is 2.23. The molecule has 0 unspecified atom stereocenters. The average molecular weight is 271 g/mol. The SMILES string of the molecule is Cc1cc(C)c(C(=N)N)c(N2CCn3cnnc3C2)n1. The number of rotatable bonds is 2. The van der Waals surface area contributed by atoms with Gasteiger partial charge in [-0.1, -0.05) is 0 Å². The molecule has 0 saturated heterocycles. The van der Waals surface area contributed by atoms with Crippen LogP contribution in [0.3, 0.4) is 0 Å². The Labute approximate surface area is 117 Å². The molecule has 20 heavy (non-hydrogen) atoms. The summed E-state index contributed by atoms with van der Waals surface area (Å²) in [6.07, 6.45) is 1.74. The van der Waals surface area contributed by atoms with Crippen LogP contribution in [0.2, 0.25) is 0 Å². The second kappa shape index (κ2) is 4.59. The fourth-order valence-electron chi connectivity index (χ4n) is 2.63. The van der Waals surface area contributed by atoms with Crippen LogP contribution in [0.5, 0.6) is 0 Å². The van der Waals surface area contributed by atoms with Crippen LogP contribution in [0.15, 0.2) is 12.4 Å². The second-order valence-electron chi connectivity index (χ2n) is 5.05. The van der Waals surface area contributed by atoms with Crippen LogP contribution in [0.1, 0.15) is 22.6 Å². The summed E-state index contributed by atoms with van der Waals surface area (Å²) in [5, 5.41) is 15.8. The predicted octanol–water partition coefficient (Wildman–Crippen LogP) is 0.594. The molecule has 2 aromatic heterocycles. The van der Waals surface area contributed by atoms with Gasteiger partial charge in [-0.15, -0.1) is 10.2 Å². The Balaban J connectivity index is 2.05. The van der Waals surface area contributed by atoms with E-state index in [0.717, 1.165) is 36.0 Å². The summed E-state index contributed by atoms with van der Waals surface area (Å²) in [6, 6.07) is 1.95. The fraction of sp³-hybridized carbons (Fsp3) is 0.385. The third kappa shape index (κ3) is 2.01. The molecule has 0 amide bonds. The standard InChI is InChI=1S/C13H17N7/c1-8-5-9(2)17-13(11(8)12(14)15)19-3-4-20-7-16-18-10(20)6-19/h5,7H,3-4,6H2,1-2H3,(H3,14,15). The van der Waals surface area contributed by atoms with Crippen molar-refractivity contribution < 1.29 is 0 Å². The summed E-state index contributed by atoms with van der Waals surface area (Å²) in [5.74, 6) is 1.73. The number of pyridine rings is 1. The second-order valence-corrected chi connectivity index (χ2v) is 5.05. The molecule has 1 aliphatic heterocycles. The van der Waals surface area contributed by atoms with Gasteiger partial charge in [0, 0.05) is 18.8 Å². The minimum atomic E-state index is 0.0528. The molecule has 3 heterocycles. The van der Waals surface area contributed by atoms with Gasteiger partial charge in [0.1, 0.15) is 18.0 Å². The van der Waals surface area contributed by atoms with E-state index in [0.29, 0.717) is 12.1 Å². The fourth-order valence-corrected chi connectivity index (χ4v) is 2.63. The topological polar surface area (TPSA) is 96.7 Å². The molecule has 7 nitrogen and oxygen atoms in total. The quantitative estimate of drug-likeness (QED) is 0.615. The lowest BCUT2D eigenvalue weighted by molar-refractivity contribution is 0.555. The summed E-state index contributed by atoms with van der Waals surface area (Å²) in [5.41, 5.74) is 8.35. The van der Waals surface area contributed by atoms with Crippen LogP contribution in [0.4, 0.5) is 5.82 Å². The van der Waals surface area contributed by atoms with Crippen molar-refractivity contribution in [3.63, 3.8) is 0 Å². The summed E-state index contributed by atoms with van der Waals surface area (Å²) in [4.78, 5) is 6.70. The first-order chi connectivity index (χ1) is 9.56. The van der Waals surface area contributed by atoms with Gasteiger partial charge < -0.3 is 15.2 Å². The van der Waals surface area contributed by atoms with Crippen LogP contribution in [-0.4, -0.2) is 32.1 Å². The zero-order valence-corrected chi connectivity index (χ0v) is 11.6. The molecule has 3 rings (SSSR count).